The Hall–Kier alpha value is -5.74. The number of fused-ring (bicyclic) bond motifs is 7. The molecular formula is C49H60N4O6. The molecule has 8 bridgehead atoms. The Morgan fingerprint density at radius 1 is 0.763 bits per heavy atom. The summed E-state index contributed by atoms with van der Waals surface area (Å²) in [4.78, 5) is 51.9. The van der Waals surface area contributed by atoms with Crippen molar-refractivity contribution in [2.24, 2.45) is 4.99 Å². The van der Waals surface area contributed by atoms with Gasteiger partial charge < -0.3 is 30.3 Å². The molecule has 312 valence electrons. The molecule has 3 aromatic heterocycles. The van der Waals surface area contributed by atoms with Crippen LogP contribution in [-0.2, 0) is 20.8 Å². The fourth-order valence-corrected chi connectivity index (χ4v) is 8.12. The van der Waals surface area contributed by atoms with Crippen LogP contribution in [0.5, 0.6) is 0 Å². The van der Waals surface area contributed by atoms with Crippen molar-refractivity contribution in [3.8, 4) is 0 Å². The van der Waals surface area contributed by atoms with Crippen LogP contribution in [0, 0.1) is 20.8 Å². The summed E-state index contributed by atoms with van der Waals surface area (Å²) in [6.45, 7) is 18.6. The average molecular weight is 801 g/mol. The lowest BCUT2D eigenvalue weighted by Crippen LogP contribution is -2.17. The van der Waals surface area contributed by atoms with Crippen molar-refractivity contribution in [2.75, 3.05) is 0 Å². The molecule has 3 aromatic rings. The summed E-state index contributed by atoms with van der Waals surface area (Å²) in [6.07, 6.45) is 21.6. The van der Waals surface area contributed by atoms with E-state index in [1.165, 1.54) is 16.7 Å². The molecule has 2 atom stereocenters. The lowest BCUT2D eigenvalue weighted by atomic mass is 9.96. The zero-order chi connectivity index (χ0) is 43.0. The van der Waals surface area contributed by atoms with Crippen LogP contribution in [0.3, 0.4) is 0 Å². The first-order valence-electron chi connectivity index (χ1n) is 20.6. The van der Waals surface area contributed by atoms with Gasteiger partial charge in [0.15, 0.2) is 6.29 Å². The molecule has 2 aliphatic heterocycles. The monoisotopic (exact) mass is 800 g/mol. The number of aliphatic carboxylic acids is 2. The van der Waals surface area contributed by atoms with Crippen molar-refractivity contribution in [2.45, 2.75) is 125 Å². The number of carboxylic acids is 2. The standard InChI is InChI=1S/C49H60N4O6/c1-9-34-31(6)39-25-45-49(46(55)18-12-17-30(5)16-11-15-29(4)14-10-13-28(2)3)33(8)40(52-45)24-44-37(27-54)36(20-22-48(58)59)43(53-44)26-42-35(19-21-47(56)57)32(7)38(51-42)23-41(34)50-39/h9,13,15,17,23-27,43,46,50-52,55H,1,10-12,14,16,18-22H2,2-8H3,(H,56,57)(H,58,59)/b29-15+,30-17+,38-23-,40-24?,42-26-,45-25?. The largest absolute Gasteiger partial charge is 0.481 e. The molecule has 0 radical (unpaired) electrons. The number of nitrogens with zero attached hydrogens (tertiary/aromatic N) is 1. The summed E-state index contributed by atoms with van der Waals surface area (Å²) in [5.41, 5.74) is 12.1. The number of carbonyl (C=O) groups excluding carboxylic acids is 1. The molecule has 2 unspecified atom stereocenters. The first-order chi connectivity index (χ1) is 28.1. The van der Waals surface area contributed by atoms with Gasteiger partial charge in [0.05, 0.1) is 17.9 Å². The normalized spacial score (nSPS) is 16.9. The van der Waals surface area contributed by atoms with Crippen LogP contribution in [0.1, 0.15) is 136 Å². The van der Waals surface area contributed by atoms with E-state index in [0.29, 0.717) is 45.7 Å². The van der Waals surface area contributed by atoms with Crippen LogP contribution < -0.4 is 21.4 Å². The number of aromatic nitrogens is 3. The van der Waals surface area contributed by atoms with Gasteiger partial charge in [0.25, 0.3) is 0 Å². The number of H-pyrrole nitrogens is 3. The van der Waals surface area contributed by atoms with E-state index < -0.39 is 24.1 Å². The number of carbonyl (C=O) groups is 3. The molecule has 0 aromatic carbocycles. The van der Waals surface area contributed by atoms with Crippen LogP contribution in [0.4, 0.5) is 0 Å². The van der Waals surface area contributed by atoms with Gasteiger partial charge in [-0.1, -0.05) is 47.6 Å². The number of hydrogen-bond donors (Lipinski definition) is 6. The van der Waals surface area contributed by atoms with Crippen molar-refractivity contribution in [1.29, 1.82) is 0 Å². The first kappa shape index (κ1) is 44.4. The summed E-state index contributed by atoms with van der Waals surface area (Å²) < 4.78 is 0. The van der Waals surface area contributed by atoms with Crippen LogP contribution in [-0.4, -0.2) is 60.2 Å². The molecule has 0 fully saturated rings. The predicted octanol–water partition coefficient (Wildman–Crippen LogP) is 6.90. The molecule has 5 rings (SSSR count). The topological polar surface area (TPSA) is 172 Å². The van der Waals surface area contributed by atoms with Crippen LogP contribution in [0.15, 0.2) is 57.7 Å². The molecule has 0 amide bonds. The van der Waals surface area contributed by atoms with Gasteiger partial charge in [0.2, 0.25) is 0 Å². The average Bonchev–Trinajstić information content (AvgIpc) is 3.85. The minimum atomic E-state index is -0.993. The number of aromatic amines is 3. The first-order valence-corrected chi connectivity index (χ1v) is 20.6. The van der Waals surface area contributed by atoms with Gasteiger partial charge in [-0.2, -0.15) is 0 Å². The number of aliphatic hydroxyl groups excluding tert-OH is 1. The summed E-state index contributed by atoms with van der Waals surface area (Å²) in [6, 6.07) is -0.672. The molecule has 0 saturated carbocycles. The Morgan fingerprint density at radius 2 is 1.37 bits per heavy atom. The van der Waals surface area contributed by atoms with Crippen LogP contribution in [0.25, 0.3) is 30.4 Å². The molecule has 6 N–H and O–H groups in total. The number of aldehydes is 1. The van der Waals surface area contributed by atoms with E-state index in [-0.39, 0.29) is 25.7 Å². The van der Waals surface area contributed by atoms with E-state index in [2.05, 4.69) is 67.5 Å². The highest BCUT2D eigenvalue weighted by Crippen LogP contribution is 2.28. The summed E-state index contributed by atoms with van der Waals surface area (Å²) >= 11 is 0. The zero-order valence-electron chi connectivity index (χ0n) is 35.6. The maximum absolute atomic E-state index is 12.8. The number of carboxylic acid groups (broad SMARTS) is 2. The lowest BCUT2D eigenvalue weighted by molar-refractivity contribution is -0.138. The zero-order valence-corrected chi connectivity index (χ0v) is 35.6. The van der Waals surface area contributed by atoms with Crippen molar-refractivity contribution in [3.05, 3.63) is 119 Å². The van der Waals surface area contributed by atoms with E-state index in [1.54, 1.807) is 12.2 Å². The van der Waals surface area contributed by atoms with E-state index in [1.807, 2.05) is 39.0 Å². The Kier molecular flexibility index (Phi) is 14.9. The fourth-order valence-electron chi connectivity index (χ4n) is 8.12. The Balaban J connectivity index is 1.62. The Morgan fingerprint density at radius 3 is 2.02 bits per heavy atom. The van der Waals surface area contributed by atoms with Gasteiger partial charge in [-0.25, -0.2) is 0 Å². The highest BCUT2D eigenvalue weighted by molar-refractivity contribution is 6.31. The van der Waals surface area contributed by atoms with Gasteiger partial charge >= 0.3 is 11.9 Å². The van der Waals surface area contributed by atoms with Gasteiger partial charge in [-0.05, 0) is 152 Å². The van der Waals surface area contributed by atoms with E-state index >= 15 is 0 Å². The fraction of sp³-hybridized carbons (Fsp3) is 0.388. The number of aliphatic imine (C=N–C) groups is 1. The minimum Gasteiger partial charge on any atom is -0.481 e. The molecule has 10 heteroatoms. The number of nitrogens with one attached hydrogen (secondary N) is 3. The molecular weight excluding hydrogens is 741 g/mol. The second-order valence-electron chi connectivity index (χ2n) is 16.2. The maximum Gasteiger partial charge on any atom is 0.303 e. The third-order valence-electron chi connectivity index (χ3n) is 11.5. The number of hydrogen-bond acceptors (Lipinski definition) is 5. The van der Waals surface area contributed by atoms with E-state index in [0.717, 1.165) is 82.1 Å². The molecule has 0 aliphatic carbocycles. The van der Waals surface area contributed by atoms with Crippen LogP contribution >= 0.6 is 0 Å². The molecule has 2 aliphatic rings. The molecule has 0 saturated heterocycles. The quantitative estimate of drug-likeness (QED) is 0.0604. The third-order valence-corrected chi connectivity index (χ3v) is 11.5. The van der Waals surface area contributed by atoms with Crippen molar-refractivity contribution in [3.63, 3.8) is 0 Å². The highest BCUT2D eigenvalue weighted by atomic mass is 16.4. The Labute approximate surface area is 346 Å². The summed E-state index contributed by atoms with van der Waals surface area (Å²) in [5, 5.41) is 33.9. The van der Waals surface area contributed by atoms with E-state index in [4.69, 9.17) is 4.99 Å². The number of rotatable bonds is 18. The Bertz CT molecular complexity index is 2540. The molecule has 59 heavy (non-hydrogen) atoms. The van der Waals surface area contributed by atoms with E-state index in [9.17, 15) is 29.7 Å². The highest BCUT2D eigenvalue weighted by Gasteiger charge is 2.27. The van der Waals surface area contributed by atoms with Gasteiger partial charge in [0, 0.05) is 62.3 Å². The SMILES string of the molecule is C=Cc1c2[nH]c(c1C)C=c1[nH]c(c(C)c1C(O)CC/C=C(\C)CC/C=C(\C)CCC=C(C)C)=CC1=NC(/C=c3\[nH]/c(c(C)c3CCC(=O)O)=C\2)C(CCC(=O)O)=C1C=O. The third kappa shape index (κ3) is 10.9. The predicted molar refractivity (Wildman–Crippen MR) is 238 cm³/mol. The number of aliphatic hydroxyl groups is 1. The van der Waals surface area contributed by atoms with Gasteiger partial charge in [0.1, 0.15) is 0 Å². The summed E-state index contributed by atoms with van der Waals surface area (Å²) in [7, 11) is 0. The number of allylic oxidation sites excluding steroid dienone is 7. The molecule has 5 heterocycles. The van der Waals surface area contributed by atoms with Crippen molar-refractivity contribution in [1.82, 2.24) is 15.0 Å². The van der Waals surface area contributed by atoms with Gasteiger partial charge in [-0.15, -0.1) is 0 Å². The van der Waals surface area contributed by atoms with Crippen LogP contribution in [0.2, 0.25) is 0 Å². The molecule has 0 spiro atoms. The van der Waals surface area contributed by atoms with Gasteiger partial charge in [-0.3, -0.25) is 19.4 Å². The smallest absolute Gasteiger partial charge is 0.303 e. The van der Waals surface area contributed by atoms with Crippen molar-refractivity contribution >= 4 is 54.3 Å². The summed E-state index contributed by atoms with van der Waals surface area (Å²) in [5.74, 6) is -1.92. The lowest BCUT2D eigenvalue weighted by Gasteiger charge is -2.10. The van der Waals surface area contributed by atoms with Crippen molar-refractivity contribution < 1.29 is 29.7 Å². The molecule has 10 nitrogen and oxygen atoms in total. The second kappa shape index (κ2) is 19.8. The minimum absolute atomic E-state index is 0.0845. The maximum atomic E-state index is 12.8. The second-order valence-corrected chi connectivity index (χ2v) is 16.2.